The normalized spacial score (nSPS) is 22.4. The molecule has 194 valence electrons. The molecule has 0 unspecified atom stereocenters. The molecule has 1 atom stereocenters. The molecule has 2 saturated heterocycles. The highest BCUT2D eigenvalue weighted by atomic mass is 19.1. The molecule has 7 heteroatoms. The van der Waals surface area contributed by atoms with Crippen molar-refractivity contribution in [1.82, 2.24) is 9.80 Å². The first-order chi connectivity index (χ1) is 17.3. The van der Waals surface area contributed by atoms with Gasteiger partial charge in [0.1, 0.15) is 5.82 Å². The minimum Gasteiger partial charge on any atom is -0.490 e. The van der Waals surface area contributed by atoms with E-state index in [1.165, 1.54) is 48.9 Å². The van der Waals surface area contributed by atoms with E-state index in [9.17, 15) is 18.7 Å². The average molecular weight is 499 g/mol. The monoisotopic (exact) mass is 498 g/mol. The van der Waals surface area contributed by atoms with Crippen LogP contribution in [0.4, 0.5) is 8.78 Å². The summed E-state index contributed by atoms with van der Waals surface area (Å²) in [6, 6.07) is 8.72. The minimum absolute atomic E-state index is 0.183. The molecule has 3 fully saturated rings. The Morgan fingerprint density at radius 1 is 1.06 bits per heavy atom. The summed E-state index contributed by atoms with van der Waals surface area (Å²) in [5.41, 5.74) is 1.34. The van der Waals surface area contributed by atoms with Crippen molar-refractivity contribution >= 4 is 5.91 Å². The molecule has 3 aliphatic rings. The van der Waals surface area contributed by atoms with Crippen molar-refractivity contribution in [2.24, 2.45) is 11.3 Å². The van der Waals surface area contributed by atoms with Crippen molar-refractivity contribution < 1.29 is 23.4 Å². The molecule has 2 aliphatic heterocycles. The first-order valence-corrected chi connectivity index (χ1v) is 13.2. The number of carbonyl (C=O) groups excluding carboxylic acids is 1. The number of β-amino-alcohol motifs (C(OH)–C–C–N with tert-alkyl or cyclic N) is 1. The van der Waals surface area contributed by atoms with Crippen LogP contribution in [0.2, 0.25) is 0 Å². The van der Waals surface area contributed by atoms with Gasteiger partial charge in [-0.2, -0.15) is 0 Å². The van der Waals surface area contributed by atoms with Gasteiger partial charge in [0, 0.05) is 30.8 Å². The first-order valence-electron chi connectivity index (χ1n) is 13.2. The van der Waals surface area contributed by atoms with Gasteiger partial charge in [-0.25, -0.2) is 8.78 Å². The van der Waals surface area contributed by atoms with Crippen LogP contribution in [0, 0.1) is 23.0 Å². The summed E-state index contributed by atoms with van der Waals surface area (Å²) in [7, 11) is 0. The first kappa shape index (κ1) is 25.2. The van der Waals surface area contributed by atoms with E-state index >= 15 is 0 Å². The number of hydrogen-bond acceptors (Lipinski definition) is 4. The van der Waals surface area contributed by atoms with Crippen LogP contribution in [0.1, 0.15) is 55.8 Å². The molecule has 1 saturated carbocycles. The lowest BCUT2D eigenvalue weighted by molar-refractivity contribution is 0.0561. The van der Waals surface area contributed by atoms with Gasteiger partial charge in [0.15, 0.2) is 11.6 Å². The highest BCUT2D eigenvalue weighted by molar-refractivity contribution is 5.95. The molecule has 2 heterocycles. The predicted octanol–water partition coefficient (Wildman–Crippen LogP) is 5.12. The second-order valence-corrected chi connectivity index (χ2v) is 11.2. The summed E-state index contributed by atoms with van der Waals surface area (Å²) < 4.78 is 35.5. The number of aliphatic hydroxyl groups is 1. The summed E-state index contributed by atoms with van der Waals surface area (Å²) in [6.07, 6.45) is 6.13. The van der Waals surface area contributed by atoms with Gasteiger partial charge in [-0.15, -0.1) is 0 Å². The second kappa shape index (κ2) is 10.5. The van der Waals surface area contributed by atoms with E-state index in [4.69, 9.17) is 4.74 Å². The number of hydrogen-bond donors (Lipinski definition) is 1. The molecule has 0 aromatic heterocycles. The number of halogens is 2. The number of ether oxygens (including phenoxy) is 1. The fourth-order valence-electron chi connectivity index (χ4n) is 5.77. The highest BCUT2D eigenvalue weighted by Gasteiger charge is 2.34. The van der Waals surface area contributed by atoms with Crippen LogP contribution >= 0.6 is 0 Å². The van der Waals surface area contributed by atoms with Crippen LogP contribution in [0.5, 0.6) is 5.75 Å². The average Bonchev–Trinajstić information content (AvgIpc) is 3.29. The van der Waals surface area contributed by atoms with Crippen molar-refractivity contribution in [3.63, 3.8) is 0 Å². The van der Waals surface area contributed by atoms with E-state index in [0.29, 0.717) is 36.5 Å². The zero-order chi connectivity index (χ0) is 25.3. The molecule has 0 spiro atoms. The number of carbonyl (C=O) groups is 1. The van der Waals surface area contributed by atoms with Gasteiger partial charge in [-0.3, -0.25) is 4.79 Å². The summed E-state index contributed by atoms with van der Waals surface area (Å²) in [6.45, 7) is 6.91. The number of likely N-dealkylation sites (tertiary alicyclic amines) is 2. The van der Waals surface area contributed by atoms with Gasteiger partial charge >= 0.3 is 0 Å². The number of piperidine rings is 1. The Morgan fingerprint density at radius 2 is 1.83 bits per heavy atom. The smallest absolute Gasteiger partial charge is 0.254 e. The van der Waals surface area contributed by atoms with E-state index < -0.39 is 17.7 Å². The molecule has 0 radical (unpaired) electrons. The topological polar surface area (TPSA) is 53.0 Å². The van der Waals surface area contributed by atoms with E-state index in [2.05, 4.69) is 11.8 Å². The highest BCUT2D eigenvalue weighted by Crippen LogP contribution is 2.41. The summed E-state index contributed by atoms with van der Waals surface area (Å²) >= 11 is 0. The molecule has 2 aromatic carbocycles. The Bertz CT molecular complexity index is 1100. The van der Waals surface area contributed by atoms with E-state index in [1.807, 2.05) is 0 Å². The minimum atomic E-state index is -0.587. The van der Waals surface area contributed by atoms with E-state index in [1.54, 1.807) is 18.2 Å². The Balaban J connectivity index is 1.16. The van der Waals surface area contributed by atoms with Crippen LogP contribution in [0.15, 0.2) is 36.4 Å². The fourth-order valence-corrected chi connectivity index (χ4v) is 5.77. The molecule has 1 N–H and O–H groups in total. The van der Waals surface area contributed by atoms with Crippen LogP contribution in [-0.4, -0.2) is 66.2 Å². The molecule has 1 amide bonds. The van der Waals surface area contributed by atoms with Crippen molar-refractivity contribution in [3.8, 4) is 16.9 Å². The maximum atomic E-state index is 14.9. The third-order valence-corrected chi connectivity index (χ3v) is 8.26. The molecular formula is C29H36F2N2O3. The zero-order valence-corrected chi connectivity index (χ0v) is 21.0. The Hall–Kier alpha value is -2.51. The predicted molar refractivity (Wildman–Crippen MR) is 135 cm³/mol. The Morgan fingerprint density at radius 3 is 2.44 bits per heavy atom. The van der Waals surface area contributed by atoms with Gasteiger partial charge < -0.3 is 19.6 Å². The summed E-state index contributed by atoms with van der Waals surface area (Å²) in [5.74, 6) is -0.823. The molecule has 2 aromatic rings. The third-order valence-electron chi connectivity index (χ3n) is 8.26. The SMILES string of the molecule is CC1(CN2CCC(COc3ccc(-c4ccc(C(=O)N5CC[C@H](O)C5)cc4F)cc3F)CC2)CCC1. The number of amides is 1. The number of aliphatic hydroxyl groups excluding tert-OH is 1. The second-order valence-electron chi connectivity index (χ2n) is 11.2. The van der Waals surface area contributed by atoms with Gasteiger partial charge in [0.05, 0.1) is 12.7 Å². The number of benzene rings is 2. The fraction of sp³-hybridized carbons (Fsp3) is 0.552. The number of rotatable bonds is 7. The lowest BCUT2D eigenvalue weighted by Gasteiger charge is -2.44. The summed E-state index contributed by atoms with van der Waals surface area (Å²) in [5, 5.41) is 9.65. The van der Waals surface area contributed by atoms with E-state index in [0.717, 1.165) is 25.9 Å². The van der Waals surface area contributed by atoms with E-state index in [-0.39, 0.29) is 29.3 Å². The van der Waals surface area contributed by atoms with Gasteiger partial charge in [0.2, 0.25) is 0 Å². The lowest BCUT2D eigenvalue weighted by Crippen LogP contribution is -2.44. The van der Waals surface area contributed by atoms with Crippen LogP contribution in [-0.2, 0) is 0 Å². The van der Waals surface area contributed by atoms with Crippen molar-refractivity contribution in [1.29, 1.82) is 0 Å². The molecule has 36 heavy (non-hydrogen) atoms. The molecule has 0 bridgehead atoms. The van der Waals surface area contributed by atoms with Crippen molar-refractivity contribution in [2.45, 2.75) is 51.6 Å². The summed E-state index contributed by atoms with van der Waals surface area (Å²) in [4.78, 5) is 16.6. The Kier molecular flexibility index (Phi) is 7.31. The van der Waals surface area contributed by atoms with Gasteiger partial charge in [-0.1, -0.05) is 25.5 Å². The molecular weight excluding hydrogens is 462 g/mol. The lowest BCUT2D eigenvalue weighted by atomic mass is 9.70. The quantitative estimate of drug-likeness (QED) is 0.576. The molecule has 1 aliphatic carbocycles. The van der Waals surface area contributed by atoms with Gasteiger partial charge in [-0.05, 0) is 86.4 Å². The number of nitrogens with zero attached hydrogens (tertiary/aromatic N) is 2. The van der Waals surface area contributed by atoms with Crippen LogP contribution < -0.4 is 4.74 Å². The molecule has 5 rings (SSSR count). The zero-order valence-electron chi connectivity index (χ0n) is 21.0. The van der Waals surface area contributed by atoms with Crippen molar-refractivity contribution in [3.05, 3.63) is 53.6 Å². The maximum absolute atomic E-state index is 14.9. The van der Waals surface area contributed by atoms with Crippen LogP contribution in [0.3, 0.4) is 0 Å². The molecule has 5 nitrogen and oxygen atoms in total. The maximum Gasteiger partial charge on any atom is 0.254 e. The standard InChI is InChI=1S/C29H36F2N2O3/c1-29(10-2-11-29)19-32-12-7-20(8-13-32)18-36-27-6-4-21(15-26(27)31)24-5-3-22(16-25(24)30)28(35)33-14-9-23(34)17-33/h3-6,15-16,20,23,34H,2,7-14,17-19H2,1H3/t23-/m0/s1. The van der Waals surface area contributed by atoms with Crippen LogP contribution in [0.25, 0.3) is 11.1 Å². The van der Waals surface area contributed by atoms with Gasteiger partial charge in [0.25, 0.3) is 5.91 Å². The largest absolute Gasteiger partial charge is 0.490 e. The Labute approximate surface area is 212 Å². The van der Waals surface area contributed by atoms with Crippen molar-refractivity contribution in [2.75, 3.05) is 39.3 Å². The third kappa shape index (κ3) is 5.57.